The molecule has 1 aromatic carbocycles. The molecule has 1 fully saturated rings. The van der Waals surface area contributed by atoms with Crippen molar-refractivity contribution in [2.75, 3.05) is 18.1 Å². The van der Waals surface area contributed by atoms with Crippen molar-refractivity contribution in [2.45, 2.75) is 25.0 Å². The maximum absolute atomic E-state index is 10.3. The molecule has 0 radical (unpaired) electrons. The van der Waals surface area contributed by atoms with E-state index in [9.17, 15) is 10.2 Å². The molecule has 94 valence electrons. The van der Waals surface area contributed by atoms with Crippen molar-refractivity contribution in [1.82, 2.24) is 5.32 Å². The van der Waals surface area contributed by atoms with Gasteiger partial charge in [0.15, 0.2) is 0 Å². The Bertz CT molecular complexity index is 364. The third kappa shape index (κ3) is 3.91. The smallest absolute Gasteiger partial charge is 0.115 e. The number of aromatic hydroxyl groups is 1. The van der Waals surface area contributed by atoms with Crippen molar-refractivity contribution in [3.63, 3.8) is 0 Å². The number of rotatable bonds is 4. The lowest BCUT2D eigenvalue weighted by molar-refractivity contribution is 0.0320. The maximum Gasteiger partial charge on any atom is 0.115 e. The van der Waals surface area contributed by atoms with Gasteiger partial charge >= 0.3 is 0 Å². The van der Waals surface area contributed by atoms with Crippen LogP contribution in [0.15, 0.2) is 24.3 Å². The fraction of sp³-hybridized carbons (Fsp3) is 0.538. The Hall–Kier alpha value is -0.710. The molecule has 1 aliphatic rings. The van der Waals surface area contributed by atoms with Gasteiger partial charge in [-0.1, -0.05) is 12.1 Å². The van der Waals surface area contributed by atoms with Gasteiger partial charge in [-0.3, -0.25) is 0 Å². The van der Waals surface area contributed by atoms with Gasteiger partial charge in [0, 0.05) is 13.1 Å². The quantitative estimate of drug-likeness (QED) is 0.765. The second kappa shape index (κ2) is 5.76. The molecule has 0 aromatic heterocycles. The fourth-order valence-electron chi connectivity index (χ4n) is 2.03. The molecule has 1 aromatic rings. The van der Waals surface area contributed by atoms with E-state index in [1.165, 1.54) is 0 Å². The number of thioether (sulfide) groups is 1. The minimum Gasteiger partial charge on any atom is -0.508 e. The van der Waals surface area contributed by atoms with Crippen LogP contribution in [0.2, 0.25) is 0 Å². The van der Waals surface area contributed by atoms with Crippen molar-refractivity contribution < 1.29 is 10.2 Å². The first-order chi connectivity index (χ1) is 8.18. The molecule has 0 saturated carbocycles. The Morgan fingerprint density at radius 3 is 2.76 bits per heavy atom. The Kier molecular flexibility index (Phi) is 4.31. The van der Waals surface area contributed by atoms with Crippen LogP contribution < -0.4 is 5.32 Å². The van der Waals surface area contributed by atoms with Gasteiger partial charge in [-0.15, -0.1) is 0 Å². The molecule has 1 saturated heterocycles. The van der Waals surface area contributed by atoms with Crippen LogP contribution >= 0.6 is 11.8 Å². The van der Waals surface area contributed by atoms with Crippen molar-refractivity contribution >= 4 is 11.8 Å². The minimum atomic E-state index is -0.540. The molecule has 2 rings (SSSR count). The van der Waals surface area contributed by atoms with Gasteiger partial charge in [0.05, 0.1) is 5.60 Å². The summed E-state index contributed by atoms with van der Waals surface area (Å²) in [6, 6.07) is 7.20. The predicted molar refractivity (Wildman–Crippen MR) is 71.3 cm³/mol. The molecule has 0 spiro atoms. The molecule has 0 bridgehead atoms. The van der Waals surface area contributed by atoms with Gasteiger partial charge in [-0.25, -0.2) is 0 Å². The van der Waals surface area contributed by atoms with E-state index in [4.69, 9.17) is 0 Å². The van der Waals surface area contributed by atoms with E-state index in [-0.39, 0.29) is 5.75 Å². The minimum absolute atomic E-state index is 0.289. The van der Waals surface area contributed by atoms with Crippen molar-refractivity contribution in [2.24, 2.45) is 0 Å². The number of nitrogens with one attached hydrogen (secondary N) is 1. The summed E-state index contributed by atoms with van der Waals surface area (Å²) >= 11 is 1.91. The Labute approximate surface area is 106 Å². The molecular weight excluding hydrogens is 234 g/mol. The molecule has 4 heteroatoms. The van der Waals surface area contributed by atoms with Crippen LogP contribution in [0.25, 0.3) is 0 Å². The van der Waals surface area contributed by atoms with Crippen molar-refractivity contribution in [3.8, 4) is 5.75 Å². The summed E-state index contributed by atoms with van der Waals surface area (Å²) in [6.45, 7) is 1.31. The third-order valence-electron chi connectivity index (χ3n) is 3.12. The molecule has 17 heavy (non-hydrogen) atoms. The highest BCUT2D eigenvalue weighted by Crippen LogP contribution is 2.26. The average molecular weight is 253 g/mol. The normalized spacial score (nSPS) is 19.1. The second-order valence-corrected chi connectivity index (χ2v) is 5.83. The van der Waals surface area contributed by atoms with Crippen molar-refractivity contribution in [3.05, 3.63) is 29.8 Å². The summed E-state index contributed by atoms with van der Waals surface area (Å²) in [4.78, 5) is 0. The van der Waals surface area contributed by atoms with Crippen LogP contribution in [-0.2, 0) is 6.54 Å². The molecule has 0 amide bonds. The fourth-order valence-corrected chi connectivity index (χ4v) is 3.29. The first-order valence-corrected chi connectivity index (χ1v) is 7.12. The topological polar surface area (TPSA) is 52.5 Å². The summed E-state index contributed by atoms with van der Waals surface area (Å²) in [5.41, 5.74) is 0.501. The highest BCUT2D eigenvalue weighted by Gasteiger charge is 2.28. The number of phenols is 1. The van der Waals surface area contributed by atoms with E-state index in [0.29, 0.717) is 13.1 Å². The van der Waals surface area contributed by atoms with Crippen molar-refractivity contribution in [1.29, 1.82) is 0 Å². The van der Waals surface area contributed by atoms with E-state index >= 15 is 0 Å². The van der Waals surface area contributed by atoms with Crippen LogP contribution in [-0.4, -0.2) is 33.9 Å². The zero-order chi connectivity index (χ0) is 12.1. The lowest BCUT2D eigenvalue weighted by Crippen LogP contribution is -2.43. The number of hydrogen-bond donors (Lipinski definition) is 3. The Morgan fingerprint density at radius 1 is 1.29 bits per heavy atom. The van der Waals surface area contributed by atoms with Gasteiger partial charge < -0.3 is 15.5 Å². The summed E-state index contributed by atoms with van der Waals surface area (Å²) < 4.78 is 0. The lowest BCUT2D eigenvalue weighted by Gasteiger charge is -2.32. The highest BCUT2D eigenvalue weighted by atomic mass is 32.2. The number of aliphatic hydroxyl groups is 1. The maximum atomic E-state index is 10.3. The monoisotopic (exact) mass is 253 g/mol. The molecule has 3 nitrogen and oxygen atoms in total. The first-order valence-electron chi connectivity index (χ1n) is 5.97. The first kappa shape index (κ1) is 12.7. The molecule has 0 aliphatic carbocycles. The van der Waals surface area contributed by atoms with Crippen LogP contribution in [0.5, 0.6) is 5.75 Å². The van der Waals surface area contributed by atoms with Gasteiger partial charge in [0.1, 0.15) is 5.75 Å². The number of phenolic OH excluding ortho intramolecular Hbond substituents is 1. The van der Waals surface area contributed by atoms with Crippen LogP contribution in [0, 0.1) is 0 Å². The average Bonchev–Trinajstić information content (AvgIpc) is 2.30. The molecule has 1 heterocycles. The lowest BCUT2D eigenvalue weighted by atomic mass is 9.97. The molecule has 1 aliphatic heterocycles. The summed E-state index contributed by atoms with van der Waals surface area (Å²) in [5, 5.41) is 22.9. The van der Waals surface area contributed by atoms with Gasteiger partial charge in [-0.05, 0) is 42.0 Å². The summed E-state index contributed by atoms with van der Waals surface area (Å²) in [6.07, 6.45) is 1.73. The van der Waals surface area contributed by atoms with Gasteiger partial charge in [-0.2, -0.15) is 11.8 Å². The third-order valence-corrected chi connectivity index (χ3v) is 4.10. The summed E-state index contributed by atoms with van der Waals surface area (Å²) in [5.74, 6) is 2.38. The predicted octanol–water partition coefficient (Wildman–Crippen LogP) is 1.74. The molecule has 0 atom stereocenters. The molecular formula is C13H19NO2S. The van der Waals surface area contributed by atoms with E-state index in [1.54, 1.807) is 12.1 Å². The van der Waals surface area contributed by atoms with Crippen LogP contribution in [0.1, 0.15) is 18.4 Å². The van der Waals surface area contributed by atoms with Gasteiger partial charge in [0.25, 0.3) is 0 Å². The number of benzene rings is 1. The molecule has 0 unspecified atom stereocenters. The van der Waals surface area contributed by atoms with Crippen LogP contribution in [0.3, 0.4) is 0 Å². The second-order valence-electron chi connectivity index (χ2n) is 4.61. The SMILES string of the molecule is Oc1cccc(CNCC2(O)CCSCC2)c1. The Morgan fingerprint density at radius 2 is 2.06 bits per heavy atom. The van der Waals surface area contributed by atoms with Crippen LogP contribution in [0.4, 0.5) is 0 Å². The zero-order valence-corrected chi connectivity index (χ0v) is 10.7. The van der Waals surface area contributed by atoms with Gasteiger partial charge in [0.2, 0.25) is 0 Å². The van der Waals surface area contributed by atoms with E-state index in [0.717, 1.165) is 29.9 Å². The standard InChI is InChI=1S/C13H19NO2S/c15-12-3-1-2-11(8-12)9-14-10-13(16)4-6-17-7-5-13/h1-3,8,14-16H,4-7,9-10H2. The zero-order valence-electron chi connectivity index (χ0n) is 9.85. The van der Waals surface area contributed by atoms with E-state index < -0.39 is 5.60 Å². The summed E-state index contributed by atoms with van der Waals surface area (Å²) in [7, 11) is 0. The van der Waals surface area contributed by atoms with E-state index in [1.807, 2.05) is 23.9 Å². The largest absolute Gasteiger partial charge is 0.508 e. The Balaban J connectivity index is 1.79. The highest BCUT2D eigenvalue weighted by molar-refractivity contribution is 7.99. The van der Waals surface area contributed by atoms with E-state index in [2.05, 4.69) is 5.32 Å². The number of hydrogen-bond acceptors (Lipinski definition) is 4. The molecule has 3 N–H and O–H groups in total.